The topological polar surface area (TPSA) is 123 Å². The Labute approximate surface area is 203 Å². The smallest absolute Gasteiger partial charge is 0.286 e. The van der Waals surface area contributed by atoms with Crippen LogP contribution in [0.15, 0.2) is 40.0 Å². The van der Waals surface area contributed by atoms with Gasteiger partial charge in [0.25, 0.3) is 17.0 Å². The molecule has 10 heteroatoms. The second-order valence-electron chi connectivity index (χ2n) is 8.58. The zero-order valence-electron chi connectivity index (χ0n) is 19.8. The molecular weight excluding hydrogens is 456 g/mol. The number of carbonyl (C=O) groups is 3. The first-order chi connectivity index (χ1) is 16.4. The number of ether oxygens (including phenoxy) is 1. The third-order valence-corrected chi connectivity index (χ3v) is 6.49. The third-order valence-electron chi connectivity index (χ3n) is 5.65. The zero-order chi connectivity index (χ0) is 24.5. The average Bonchev–Trinajstić information content (AvgIpc) is 3.29. The summed E-state index contributed by atoms with van der Waals surface area (Å²) in [4.78, 5) is 39.0. The van der Waals surface area contributed by atoms with Crippen molar-refractivity contribution in [2.75, 3.05) is 13.7 Å². The standard InChI is InChI=1S/C24H32N4O5S/c1-15(2)34-24-28-27-23(33-24)20(29)19(13-14-32-3)26-22(31)17-11-7-8-12-18(17)25-21(30)16-9-5-4-6-10-16/h4-6,9-10,15,17-19H,7-8,11-14H2,1-3H3,(H,25,30)(H,26,31)/t17-,18+,19+/m1/s1. The average molecular weight is 489 g/mol. The highest BCUT2D eigenvalue weighted by molar-refractivity contribution is 7.99. The first-order valence-corrected chi connectivity index (χ1v) is 12.5. The molecule has 3 rings (SSSR count). The van der Waals surface area contributed by atoms with Crippen LogP contribution >= 0.6 is 11.8 Å². The summed E-state index contributed by atoms with van der Waals surface area (Å²) in [7, 11) is 1.53. The molecule has 2 amide bonds. The van der Waals surface area contributed by atoms with Gasteiger partial charge >= 0.3 is 0 Å². The normalized spacial score (nSPS) is 18.9. The first kappa shape index (κ1) is 25.9. The number of hydrogen-bond acceptors (Lipinski definition) is 8. The van der Waals surface area contributed by atoms with E-state index < -0.39 is 17.7 Å². The van der Waals surface area contributed by atoms with E-state index in [4.69, 9.17) is 9.15 Å². The molecule has 0 unspecified atom stereocenters. The Hall–Kier alpha value is -2.72. The Kier molecular flexibility index (Phi) is 9.64. The van der Waals surface area contributed by atoms with E-state index >= 15 is 0 Å². The minimum Gasteiger partial charge on any atom is -0.408 e. The molecule has 34 heavy (non-hydrogen) atoms. The van der Waals surface area contributed by atoms with Gasteiger partial charge in [-0.1, -0.05) is 56.7 Å². The maximum Gasteiger partial charge on any atom is 0.286 e. The molecule has 184 valence electrons. The van der Waals surface area contributed by atoms with Crippen molar-refractivity contribution >= 4 is 29.4 Å². The van der Waals surface area contributed by atoms with Gasteiger partial charge in [-0.2, -0.15) is 0 Å². The van der Waals surface area contributed by atoms with Gasteiger partial charge in [0.1, 0.15) is 0 Å². The van der Waals surface area contributed by atoms with Gasteiger partial charge in [0.2, 0.25) is 11.7 Å². The maximum absolute atomic E-state index is 13.3. The van der Waals surface area contributed by atoms with Gasteiger partial charge < -0.3 is 19.8 Å². The largest absolute Gasteiger partial charge is 0.408 e. The summed E-state index contributed by atoms with van der Waals surface area (Å²) in [5.41, 5.74) is 0.548. The number of Topliss-reactive ketones (excluding diaryl/α,β-unsaturated/α-hetero) is 1. The minimum atomic E-state index is -0.864. The number of aromatic nitrogens is 2. The molecular formula is C24H32N4O5S. The molecule has 2 aromatic rings. The maximum atomic E-state index is 13.3. The lowest BCUT2D eigenvalue weighted by molar-refractivity contribution is -0.127. The highest BCUT2D eigenvalue weighted by Crippen LogP contribution is 2.26. The van der Waals surface area contributed by atoms with Crippen LogP contribution in [0.1, 0.15) is 67.0 Å². The number of amides is 2. The second kappa shape index (κ2) is 12.7. The Balaban J connectivity index is 1.69. The molecule has 1 fully saturated rings. The van der Waals surface area contributed by atoms with Crippen molar-refractivity contribution in [3.05, 3.63) is 41.8 Å². The van der Waals surface area contributed by atoms with Crippen LogP contribution in [0.2, 0.25) is 0 Å². The molecule has 0 radical (unpaired) electrons. The molecule has 1 aromatic heterocycles. The molecule has 1 aromatic carbocycles. The van der Waals surface area contributed by atoms with Gasteiger partial charge in [-0.05, 0) is 31.4 Å². The molecule has 3 atom stereocenters. The Morgan fingerprint density at radius 1 is 1.15 bits per heavy atom. The Bertz CT molecular complexity index is 965. The molecule has 0 bridgehead atoms. The fraction of sp³-hybridized carbons (Fsp3) is 0.542. The summed E-state index contributed by atoms with van der Waals surface area (Å²) in [6.45, 7) is 4.24. The van der Waals surface area contributed by atoms with Crippen LogP contribution in [0.25, 0.3) is 0 Å². The fourth-order valence-corrected chi connectivity index (χ4v) is 4.57. The van der Waals surface area contributed by atoms with E-state index in [1.807, 2.05) is 19.9 Å². The molecule has 0 saturated heterocycles. The third kappa shape index (κ3) is 7.14. The fourth-order valence-electron chi connectivity index (χ4n) is 3.95. The van der Waals surface area contributed by atoms with Crippen molar-refractivity contribution in [3.63, 3.8) is 0 Å². The monoisotopic (exact) mass is 488 g/mol. The van der Waals surface area contributed by atoms with Crippen molar-refractivity contribution < 1.29 is 23.5 Å². The summed E-state index contributed by atoms with van der Waals surface area (Å²) in [5.74, 6) is -1.51. The number of thioether (sulfide) groups is 1. The zero-order valence-corrected chi connectivity index (χ0v) is 20.6. The molecule has 0 spiro atoms. The van der Waals surface area contributed by atoms with Crippen LogP contribution in [-0.4, -0.2) is 58.8 Å². The number of methoxy groups -OCH3 is 1. The van der Waals surface area contributed by atoms with Crippen LogP contribution in [0.3, 0.4) is 0 Å². The quantitative estimate of drug-likeness (QED) is 0.365. The van der Waals surface area contributed by atoms with Crippen molar-refractivity contribution in [2.45, 2.75) is 68.5 Å². The number of hydrogen-bond donors (Lipinski definition) is 2. The molecule has 0 aliphatic heterocycles. The van der Waals surface area contributed by atoms with E-state index in [0.717, 1.165) is 12.8 Å². The summed E-state index contributed by atoms with van der Waals surface area (Å²) < 4.78 is 10.6. The van der Waals surface area contributed by atoms with Gasteiger partial charge in [-0.15, -0.1) is 10.2 Å². The van der Waals surface area contributed by atoms with E-state index in [2.05, 4.69) is 20.8 Å². The van der Waals surface area contributed by atoms with Crippen LogP contribution < -0.4 is 10.6 Å². The lowest BCUT2D eigenvalue weighted by Crippen LogP contribution is -2.52. The minimum absolute atomic E-state index is 0.137. The van der Waals surface area contributed by atoms with Gasteiger partial charge in [-0.25, -0.2) is 0 Å². The number of rotatable bonds is 11. The summed E-state index contributed by atoms with van der Waals surface area (Å²) in [6, 6.07) is 7.75. The number of nitrogens with zero attached hydrogens (tertiary/aromatic N) is 2. The highest BCUT2D eigenvalue weighted by atomic mass is 32.2. The van der Waals surface area contributed by atoms with E-state index in [1.165, 1.54) is 18.9 Å². The summed E-state index contributed by atoms with van der Waals surface area (Å²) in [5, 5.41) is 14.2. The van der Waals surface area contributed by atoms with Crippen molar-refractivity contribution in [1.29, 1.82) is 0 Å². The number of carbonyl (C=O) groups excluding carboxylic acids is 3. The Morgan fingerprint density at radius 2 is 1.88 bits per heavy atom. The predicted octanol–water partition coefficient (Wildman–Crippen LogP) is 3.26. The molecule has 1 aliphatic rings. The molecule has 1 aliphatic carbocycles. The van der Waals surface area contributed by atoms with E-state index in [0.29, 0.717) is 23.6 Å². The van der Waals surface area contributed by atoms with E-state index in [1.54, 1.807) is 24.3 Å². The molecule has 1 heterocycles. The van der Waals surface area contributed by atoms with Gasteiger partial charge in [-0.3, -0.25) is 14.4 Å². The van der Waals surface area contributed by atoms with Crippen molar-refractivity contribution in [2.24, 2.45) is 5.92 Å². The van der Waals surface area contributed by atoms with E-state index in [-0.39, 0.29) is 42.0 Å². The van der Waals surface area contributed by atoms with Gasteiger partial charge in [0.15, 0.2) is 0 Å². The van der Waals surface area contributed by atoms with Crippen LogP contribution in [0.5, 0.6) is 0 Å². The highest BCUT2D eigenvalue weighted by Gasteiger charge is 2.35. The summed E-state index contributed by atoms with van der Waals surface area (Å²) in [6.07, 6.45) is 3.41. The van der Waals surface area contributed by atoms with Crippen LogP contribution in [0.4, 0.5) is 0 Å². The van der Waals surface area contributed by atoms with Crippen LogP contribution in [-0.2, 0) is 9.53 Å². The first-order valence-electron chi connectivity index (χ1n) is 11.6. The van der Waals surface area contributed by atoms with Gasteiger partial charge in [0.05, 0.1) is 12.0 Å². The second-order valence-corrected chi connectivity index (χ2v) is 10.1. The van der Waals surface area contributed by atoms with Crippen LogP contribution in [0, 0.1) is 5.92 Å². The number of nitrogens with one attached hydrogen (secondary N) is 2. The predicted molar refractivity (Wildman–Crippen MR) is 128 cm³/mol. The number of ketones is 1. The molecule has 1 saturated carbocycles. The Morgan fingerprint density at radius 3 is 2.59 bits per heavy atom. The van der Waals surface area contributed by atoms with E-state index in [9.17, 15) is 14.4 Å². The lowest BCUT2D eigenvalue weighted by Gasteiger charge is -2.32. The SMILES string of the molecule is COCC[C@H](NC(=O)[C@@H]1CCCC[C@@H]1NC(=O)c1ccccc1)C(=O)c1nnc(SC(C)C)o1. The van der Waals surface area contributed by atoms with Gasteiger partial charge in [0, 0.05) is 30.6 Å². The summed E-state index contributed by atoms with van der Waals surface area (Å²) >= 11 is 1.36. The lowest BCUT2D eigenvalue weighted by atomic mass is 9.83. The number of benzene rings is 1. The molecule has 9 nitrogen and oxygen atoms in total. The van der Waals surface area contributed by atoms with Crippen molar-refractivity contribution in [1.82, 2.24) is 20.8 Å². The van der Waals surface area contributed by atoms with Crippen molar-refractivity contribution in [3.8, 4) is 0 Å². The molecule has 2 N–H and O–H groups in total.